The molecule has 0 aliphatic heterocycles. The van der Waals surface area contributed by atoms with Crippen LogP contribution < -0.4 is 10.6 Å². The molecule has 7 nitrogen and oxygen atoms in total. The first-order valence-corrected chi connectivity index (χ1v) is 8.96. The predicted octanol–water partition coefficient (Wildman–Crippen LogP) is 2.26. The third kappa shape index (κ3) is 4.53. The zero-order chi connectivity index (χ0) is 17.7. The molecule has 0 bridgehead atoms. The molecule has 0 aromatic carbocycles. The fraction of sp³-hybridized carbons (Fsp3) is 0.625. The summed E-state index contributed by atoms with van der Waals surface area (Å²) in [6.45, 7) is 5.11. The van der Waals surface area contributed by atoms with Gasteiger partial charge in [-0.1, -0.05) is 24.2 Å². The van der Waals surface area contributed by atoms with E-state index in [0.717, 1.165) is 37.0 Å². The van der Waals surface area contributed by atoms with E-state index in [0.29, 0.717) is 15.7 Å². The van der Waals surface area contributed by atoms with Crippen molar-refractivity contribution in [1.29, 1.82) is 0 Å². The average Bonchev–Trinajstić information content (AvgIpc) is 3.14. The van der Waals surface area contributed by atoms with E-state index in [1.165, 1.54) is 6.92 Å². The summed E-state index contributed by atoms with van der Waals surface area (Å²) in [4.78, 5) is 40.4. The Kier molecular flexibility index (Phi) is 6.30. The van der Waals surface area contributed by atoms with Crippen molar-refractivity contribution in [2.75, 3.05) is 11.9 Å². The molecule has 2 N–H and O–H groups in total. The average molecular weight is 353 g/mol. The summed E-state index contributed by atoms with van der Waals surface area (Å²) in [5.41, 5.74) is 0.519. The highest BCUT2D eigenvalue weighted by Crippen LogP contribution is 2.29. The third-order valence-corrected chi connectivity index (χ3v) is 5.05. The molecular formula is C16H23N3O4S. The van der Waals surface area contributed by atoms with Gasteiger partial charge in [0.15, 0.2) is 5.13 Å². The van der Waals surface area contributed by atoms with Gasteiger partial charge in [0.2, 0.25) is 11.8 Å². The molecule has 132 valence electrons. The molecule has 0 unspecified atom stereocenters. The summed E-state index contributed by atoms with van der Waals surface area (Å²) in [7, 11) is 0. The maximum Gasteiger partial charge on any atom is 0.350 e. The van der Waals surface area contributed by atoms with Crippen LogP contribution in [-0.4, -0.2) is 35.4 Å². The highest BCUT2D eigenvalue weighted by molar-refractivity contribution is 7.17. The molecule has 1 aliphatic rings. The van der Waals surface area contributed by atoms with Gasteiger partial charge in [-0.2, -0.15) is 0 Å². The van der Waals surface area contributed by atoms with Gasteiger partial charge in [-0.15, -0.1) is 0 Å². The van der Waals surface area contributed by atoms with E-state index in [1.807, 2.05) is 0 Å². The molecule has 1 aromatic rings. The van der Waals surface area contributed by atoms with Crippen molar-refractivity contribution >= 4 is 34.3 Å². The van der Waals surface area contributed by atoms with Crippen LogP contribution in [-0.2, 0) is 14.3 Å². The molecule has 0 saturated heterocycles. The van der Waals surface area contributed by atoms with Crippen LogP contribution in [0.2, 0.25) is 0 Å². The Morgan fingerprint density at radius 2 is 2.00 bits per heavy atom. The Labute approximate surface area is 145 Å². The Hall–Kier alpha value is -1.96. The first kappa shape index (κ1) is 18.4. The normalized spacial score (nSPS) is 15.8. The van der Waals surface area contributed by atoms with Crippen molar-refractivity contribution < 1.29 is 19.1 Å². The molecule has 1 saturated carbocycles. The number of rotatable bonds is 6. The van der Waals surface area contributed by atoms with E-state index in [4.69, 9.17) is 4.74 Å². The van der Waals surface area contributed by atoms with Gasteiger partial charge in [0.05, 0.1) is 12.3 Å². The minimum absolute atomic E-state index is 0.138. The number of esters is 1. The van der Waals surface area contributed by atoms with Crippen molar-refractivity contribution in [3.05, 3.63) is 10.6 Å². The molecule has 0 spiro atoms. The van der Waals surface area contributed by atoms with E-state index in [9.17, 15) is 14.4 Å². The van der Waals surface area contributed by atoms with Gasteiger partial charge in [0.1, 0.15) is 10.9 Å². The van der Waals surface area contributed by atoms with Crippen LogP contribution >= 0.6 is 11.3 Å². The van der Waals surface area contributed by atoms with E-state index in [-0.39, 0.29) is 24.3 Å². The van der Waals surface area contributed by atoms with Crippen LogP contribution in [0.1, 0.15) is 54.9 Å². The van der Waals surface area contributed by atoms with Crippen molar-refractivity contribution in [2.24, 2.45) is 5.92 Å². The number of hydrogen-bond acceptors (Lipinski definition) is 6. The minimum Gasteiger partial charge on any atom is -0.462 e. The second kappa shape index (κ2) is 8.23. The first-order chi connectivity index (χ1) is 11.4. The summed E-state index contributed by atoms with van der Waals surface area (Å²) in [5.74, 6) is -0.826. The van der Waals surface area contributed by atoms with Crippen LogP contribution in [0.25, 0.3) is 0 Å². The molecule has 2 rings (SSSR count). The molecule has 2 amide bonds. The van der Waals surface area contributed by atoms with Gasteiger partial charge in [0, 0.05) is 6.92 Å². The molecule has 1 aliphatic carbocycles. The summed E-state index contributed by atoms with van der Waals surface area (Å²) in [5, 5.41) is 5.81. The number of thiazole rings is 1. The Morgan fingerprint density at radius 1 is 1.33 bits per heavy atom. The number of carbonyl (C=O) groups is 3. The maximum absolute atomic E-state index is 12.6. The number of ether oxygens (including phenoxy) is 1. The first-order valence-electron chi connectivity index (χ1n) is 8.14. The Bertz CT molecular complexity index is 623. The number of anilines is 1. The number of nitrogens with zero attached hydrogens (tertiary/aromatic N) is 1. The fourth-order valence-corrected chi connectivity index (χ4v) is 3.79. The van der Waals surface area contributed by atoms with Gasteiger partial charge in [-0.25, -0.2) is 9.78 Å². The molecule has 1 aromatic heterocycles. The number of carbonyl (C=O) groups excluding carboxylic acids is 3. The quantitative estimate of drug-likeness (QED) is 0.765. The standard InChI is InChI=1S/C16H23N3O4S/c1-4-23-15(22)13-9(2)17-16(24-13)19-14(21)12(18-10(3)20)11-7-5-6-8-11/h11-12H,4-8H2,1-3H3,(H,18,20)(H,17,19,21)/t12-/m0/s1. The van der Waals surface area contributed by atoms with E-state index in [1.54, 1.807) is 13.8 Å². The Morgan fingerprint density at radius 3 is 2.58 bits per heavy atom. The molecule has 8 heteroatoms. The largest absolute Gasteiger partial charge is 0.462 e. The van der Waals surface area contributed by atoms with Gasteiger partial charge < -0.3 is 15.4 Å². The van der Waals surface area contributed by atoms with E-state index in [2.05, 4.69) is 15.6 Å². The zero-order valence-corrected chi connectivity index (χ0v) is 15.0. The summed E-state index contributed by atoms with van der Waals surface area (Å²) in [6, 6.07) is -0.569. The highest BCUT2D eigenvalue weighted by atomic mass is 32.1. The van der Waals surface area contributed by atoms with Gasteiger partial charge >= 0.3 is 5.97 Å². The van der Waals surface area contributed by atoms with Crippen LogP contribution in [0, 0.1) is 12.8 Å². The van der Waals surface area contributed by atoms with E-state index < -0.39 is 12.0 Å². The van der Waals surface area contributed by atoms with Crippen LogP contribution in [0.5, 0.6) is 0 Å². The highest BCUT2D eigenvalue weighted by Gasteiger charge is 2.32. The summed E-state index contributed by atoms with van der Waals surface area (Å²) >= 11 is 1.08. The lowest BCUT2D eigenvalue weighted by Crippen LogP contribution is -2.47. The van der Waals surface area contributed by atoms with E-state index >= 15 is 0 Å². The Balaban J connectivity index is 2.10. The SMILES string of the molecule is CCOC(=O)c1sc(NC(=O)[C@@H](NC(C)=O)C2CCCC2)nc1C. The lowest BCUT2D eigenvalue weighted by Gasteiger charge is -2.22. The second-order valence-corrected chi connectivity index (χ2v) is 6.87. The van der Waals surface area contributed by atoms with Gasteiger partial charge in [-0.3, -0.25) is 9.59 Å². The zero-order valence-electron chi connectivity index (χ0n) is 14.2. The lowest BCUT2D eigenvalue weighted by molar-refractivity contribution is -0.126. The monoisotopic (exact) mass is 353 g/mol. The number of aryl methyl sites for hydroxylation is 1. The van der Waals surface area contributed by atoms with Gasteiger partial charge in [-0.05, 0) is 32.6 Å². The lowest BCUT2D eigenvalue weighted by atomic mass is 9.97. The fourth-order valence-electron chi connectivity index (χ4n) is 2.93. The second-order valence-electron chi connectivity index (χ2n) is 5.87. The molecular weight excluding hydrogens is 330 g/mol. The maximum atomic E-state index is 12.6. The predicted molar refractivity (Wildman–Crippen MR) is 91.0 cm³/mol. The summed E-state index contributed by atoms with van der Waals surface area (Å²) in [6.07, 6.45) is 3.97. The van der Waals surface area contributed by atoms with Crippen LogP contribution in [0.15, 0.2) is 0 Å². The molecule has 1 atom stereocenters. The molecule has 1 heterocycles. The number of nitrogens with one attached hydrogen (secondary N) is 2. The van der Waals surface area contributed by atoms with Crippen LogP contribution in [0.3, 0.4) is 0 Å². The number of amides is 2. The number of hydrogen-bond donors (Lipinski definition) is 2. The minimum atomic E-state index is -0.569. The van der Waals surface area contributed by atoms with Crippen LogP contribution in [0.4, 0.5) is 5.13 Å². The van der Waals surface area contributed by atoms with Crippen molar-refractivity contribution in [3.8, 4) is 0 Å². The topological polar surface area (TPSA) is 97.4 Å². The summed E-state index contributed by atoms with van der Waals surface area (Å²) < 4.78 is 4.97. The number of aromatic nitrogens is 1. The van der Waals surface area contributed by atoms with Crippen molar-refractivity contribution in [1.82, 2.24) is 10.3 Å². The smallest absolute Gasteiger partial charge is 0.350 e. The third-order valence-electron chi connectivity index (χ3n) is 4.00. The van der Waals surface area contributed by atoms with Crippen molar-refractivity contribution in [2.45, 2.75) is 52.5 Å². The molecule has 1 fully saturated rings. The molecule has 0 radical (unpaired) electrons. The molecule has 24 heavy (non-hydrogen) atoms. The van der Waals surface area contributed by atoms with Crippen molar-refractivity contribution in [3.63, 3.8) is 0 Å². The van der Waals surface area contributed by atoms with Gasteiger partial charge in [0.25, 0.3) is 0 Å².